The van der Waals surface area contributed by atoms with Crippen LogP contribution < -0.4 is 10.5 Å². The van der Waals surface area contributed by atoms with Gasteiger partial charge in [0.1, 0.15) is 12.4 Å². The molecule has 2 rings (SSSR count). The first-order chi connectivity index (χ1) is 10.1. The van der Waals surface area contributed by atoms with Gasteiger partial charge in [0.05, 0.1) is 0 Å². The molecule has 0 amide bonds. The molecule has 4 heteroatoms. The Morgan fingerprint density at radius 2 is 1.90 bits per heavy atom. The van der Waals surface area contributed by atoms with Gasteiger partial charge in [0.25, 0.3) is 0 Å². The Bertz CT molecular complexity index is 634. The number of nitrogens with two attached hydrogens (primary N) is 1. The summed E-state index contributed by atoms with van der Waals surface area (Å²) in [6.07, 6.45) is 1.02. The van der Waals surface area contributed by atoms with Gasteiger partial charge in [-0.3, -0.25) is 0 Å². The molecule has 2 aromatic rings. The number of rotatable bonds is 5. The smallest absolute Gasteiger partial charge is 0.170 e. The van der Waals surface area contributed by atoms with Crippen molar-refractivity contribution in [3.8, 4) is 5.75 Å². The lowest BCUT2D eigenvalue weighted by Crippen LogP contribution is -2.13. The number of nitrogens with zero attached hydrogens (tertiary/aromatic N) is 1. The molecule has 4 nitrogen and oxygen atoms in total. The molecule has 3 N–H and O–H groups in total. The molecule has 0 aliphatic heterocycles. The van der Waals surface area contributed by atoms with Crippen LogP contribution in [-0.2, 0) is 13.0 Å². The van der Waals surface area contributed by atoms with E-state index in [1.165, 1.54) is 5.56 Å². The molecule has 21 heavy (non-hydrogen) atoms. The molecule has 0 saturated heterocycles. The van der Waals surface area contributed by atoms with Crippen molar-refractivity contribution >= 4 is 5.84 Å². The van der Waals surface area contributed by atoms with Crippen molar-refractivity contribution in [2.45, 2.75) is 26.9 Å². The zero-order valence-electron chi connectivity index (χ0n) is 12.3. The van der Waals surface area contributed by atoms with Crippen molar-refractivity contribution in [2.24, 2.45) is 10.9 Å². The second-order valence-electron chi connectivity index (χ2n) is 4.91. The maximum atomic E-state index is 8.68. The highest BCUT2D eigenvalue weighted by atomic mass is 16.5. The van der Waals surface area contributed by atoms with Crippen LogP contribution in [0.3, 0.4) is 0 Å². The highest BCUT2D eigenvalue weighted by Crippen LogP contribution is 2.17. The Kier molecular flexibility index (Phi) is 4.82. The first-order valence-corrected chi connectivity index (χ1v) is 6.93. The Morgan fingerprint density at radius 1 is 1.19 bits per heavy atom. The molecule has 0 saturated carbocycles. The van der Waals surface area contributed by atoms with Crippen LogP contribution in [0.2, 0.25) is 0 Å². The quantitative estimate of drug-likeness (QED) is 0.383. The van der Waals surface area contributed by atoms with E-state index in [2.05, 4.69) is 24.2 Å². The maximum absolute atomic E-state index is 8.68. The zero-order valence-corrected chi connectivity index (χ0v) is 12.3. The lowest BCUT2D eigenvalue weighted by atomic mass is 10.1. The summed E-state index contributed by atoms with van der Waals surface area (Å²) < 4.78 is 5.79. The van der Waals surface area contributed by atoms with Crippen LogP contribution >= 0.6 is 0 Å². The number of benzene rings is 2. The summed E-state index contributed by atoms with van der Waals surface area (Å²) in [4.78, 5) is 0. The molecular formula is C17H20N2O2. The van der Waals surface area contributed by atoms with Crippen molar-refractivity contribution in [3.63, 3.8) is 0 Å². The number of amidine groups is 1. The van der Waals surface area contributed by atoms with E-state index in [1.54, 1.807) is 0 Å². The number of hydrogen-bond acceptors (Lipinski definition) is 3. The monoisotopic (exact) mass is 284 g/mol. The molecule has 2 aromatic carbocycles. The van der Waals surface area contributed by atoms with Crippen LogP contribution in [0.1, 0.15) is 29.2 Å². The fraction of sp³-hybridized carbons (Fsp3) is 0.235. The Hall–Kier alpha value is -2.49. The number of hydrogen-bond donors (Lipinski definition) is 2. The lowest BCUT2D eigenvalue weighted by molar-refractivity contribution is 0.305. The van der Waals surface area contributed by atoms with Crippen molar-refractivity contribution in [2.75, 3.05) is 0 Å². The second-order valence-corrected chi connectivity index (χ2v) is 4.91. The minimum Gasteiger partial charge on any atom is -0.489 e. The van der Waals surface area contributed by atoms with E-state index in [-0.39, 0.29) is 5.84 Å². The summed E-state index contributed by atoms with van der Waals surface area (Å²) in [5.41, 5.74) is 9.69. The lowest BCUT2D eigenvalue weighted by Gasteiger charge is -2.10. The normalized spacial score (nSPS) is 11.4. The minimum absolute atomic E-state index is 0.112. The van der Waals surface area contributed by atoms with Gasteiger partial charge in [-0.25, -0.2) is 0 Å². The third kappa shape index (κ3) is 3.75. The van der Waals surface area contributed by atoms with E-state index in [4.69, 9.17) is 15.7 Å². The molecule has 0 aliphatic carbocycles. The topological polar surface area (TPSA) is 67.8 Å². The van der Waals surface area contributed by atoms with E-state index >= 15 is 0 Å². The highest BCUT2D eigenvalue weighted by Gasteiger charge is 2.04. The highest BCUT2D eigenvalue weighted by molar-refractivity contribution is 5.97. The van der Waals surface area contributed by atoms with E-state index in [0.717, 1.165) is 23.3 Å². The zero-order chi connectivity index (χ0) is 15.2. The Balaban J connectivity index is 2.05. The molecule has 0 fully saturated rings. The van der Waals surface area contributed by atoms with Gasteiger partial charge < -0.3 is 15.7 Å². The number of oxime groups is 1. The summed E-state index contributed by atoms with van der Waals surface area (Å²) in [7, 11) is 0. The number of ether oxygens (including phenoxy) is 1. The molecule has 0 aromatic heterocycles. The predicted molar refractivity (Wildman–Crippen MR) is 83.8 cm³/mol. The van der Waals surface area contributed by atoms with Crippen molar-refractivity contribution in [1.29, 1.82) is 0 Å². The molecule has 0 unspecified atom stereocenters. The first-order valence-electron chi connectivity index (χ1n) is 6.93. The number of aryl methyl sites for hydroxylation is 2. The molecule has 0 heterocycles. The fourth-order valence-corrected chi connectivity index (χ4v) is 2.06. The Morgan fingerprint density at radius 3 is 2.48 bits per heavy atom. The second kappa shape index (κ2) is 6.79. The molecule has 0 atom stereocenters. The molecular weight excluding hydrogens is 264 g/mol. The Labute approximate surface area is 124 Å². The van der Waals surface area contributed by atoms with Crippen molar-refractivity contribution in [3.05, 3.63) is 64.7 Å². The van der Waals surface area contributed by atoms with Crippen molar-refractivity contribution < 1.29 is 9.94 Å². The third-order valence-electron chi connectivity index (χ3n) is 3.47. The third-order valence-corrected chi connectivity index (χ3v) is 3.47. The predicted octanol–water partition coefficient (Wildman–Crippen LogP) is 3.23. The van der Waals surface area contributed by atoms with E-state index in [1.807, 2.05) is 37.3 Å². The van der Waals surface area contributed by atoms with Gasteiger partial charge in [0.2, 0.25) is 0 Å². The van der Waals surface area contributed by atoms with Gasteiger partial charge in [-0.2, -0.15) is 0 Å². The summed E-state index contributed by atoms with van der Waals surface area (Å²) in [6.45, 7) is 4.60. The summed E-state index contributed by atoms with van der Waals surface area (Å²) in [5, 5.41) is 11.7. The van der Waals surface area contributed by atoms with Crippen LogP contribution in [0.5, 0.6) is 5.75 Å². The SMILES string of the molecule is CCc1ccc(OCc2ccc(/C(N)=N/O)cc2C)cc1. The average Bonchev–Trinajstić information content (AvgIpc) is 2.53. The summed E-state index contributed by atoms with van der Waals surface area (Å²) >= 11 is 0. The van der Waals surface area contributed by atoms with Gasteiger partial charge >= 0.3 is 0 Å². The summed E-state index contributed by atoms with van der Waals surface area (Å²) in [6, 6.07) is 13.8. The molecule has 0 bridgehead atoms. The fourth-order valence-electron chi connectivity index (χ4n) is 2.06. The molecule has 0 spiro atoms. The van der Waals surface area contributed by atoms with Gasteiger partial charge in [-0.1, -0.05) is 36.3 Å². The van der Waals surface area contributed by atoms with Crippen LogP contribution in [0.4, 0.5) is 0 Å². The minimum atomic E-state index is 0.112. The largest absolute Gasteiger partial charge is 0.489 e. The summed E-state index contributed by atoms with van der Waals surface area (Å²) in [5.74, 6) is 0.966. The van der Waals surface area contributed by atoms with Crippen LogP contribution in [0.15, 0.2) is 47.6 Å². The van der Waals surface area contributed by atoms with Gasteiger partial charge in [0, 0.05) is 5.56 Å². The van der Waals surface area contributed by atoms with Gasteiger partial charge in [-0.15, -0.1) is 0 Å². The molecule has 0 radical (unpaired) electrons. The average molecular weight is 284 g/mol. The van der Waals surface area contributed by atoms with Gasteiger partial charge in [0.15, 0.2) is 5.84 Å². The van der Waals surface area contributed by atoms with E-state index in [9.17, 15) is 0 Å². The van der Waals surface area contributed by atoms with Crippen LogP contribution in [0.25, 0.3) is 0 Å². The molecule has 110 valence electrons. The van der Waals surface area contributed by atoms with Gasteiger partial charge in [-0.05, 0) is 48.2 Å². The molecule has 0 aliphatic rings. The van der Waals surface area contributed by atoms with Crippen LogP contribution in [-0.4, -0.2) is 11.0 Å². The van der Waals surface area contributed by atoms with E-state index in [0.29, 0.717) is 12.2 Å². The van der Waals surface area contributed by atoms with Crippen molar-refractivity contribution in [1.82, 2.24) is 0 Å². The van der Waals surface area contributed by atoms with E-state index < -0.39 is 0 Å². The van der Waals surface area contributed by atoms with Crippen LogP contribution in [0, 0.1) is 6.92 Å². The standard InChI is InChI=1S/C17H20N2O2/c1-3-13-4-8-16(9-5-13)21-11-15-7-6-14(10-12(15)2)17(18)19-20/h4-10,20H,3,11H2,1-2H3,(H2,18,19). The first kappa shape index (κ1) is 14.9. The maximum Gasteiger partial charge on any atom is 0.170 e.